The van der Waals surface area contributed by atoms with Gasteiger partial charge in [-0.1, -0.05) is 23.7 Å². The molecule has 2 aromatic heterocycles. The average molecular weight is 368 g/mol. The molecule has 0 bridgehead atoms. The van der Waals surface area contributed by atoms with Gasteiger partial charge in [-0.2, -0.15) is 0 Å². The number of amides is 1. The number of fused-ring (bicyclic) bond motifs is 1. The summed E-state index contributed by atoms with van der Waals surface area (Å²) < 4.78 is 0.693. The summed E-state index contributed by atoms with van der Waals surface area (Å²) in [6.07, 6.45) is 0.322. The van der Waals surface area contributed by atoms with E-state index < -0.39 is 0 Å². The molecule has 2 aromatic carbocycles. The zero-order chi connectivity index (χ0) is 17.2. The molecule has 4 rings (SSSR count). The van der Waals surface area contributed by atoms with Gasteiger partial charge in [0.15, 0.2) is 0 Å². The molecule has 0 atom stereocenters. The molecule has 0 spiro atoms. The molecule has 0 radical (unpaired) electrons. The van der Waals surface area contributed by atoms with E-state index in [1.807, 2.05) is 54.6 Å². The van der Waals surface area contributed by atoms with Gasteiger partial charge in [-0.3, -0.25) is 4.79 Å². The maximum Gasteiger partial charge on any atom is 0.229 e. The average Bonchev–Trinajstić information content (AvgIpc) is 3.21. The van der Waals surface area contributed by atoms with E-state index in [2.05, 4.69) is 15.3 Å². The predicted molar refractivity (Wildman–Crippen MR) is 103 cm³/mol. The third kappa shape index (κ3) is 3.57. The Morgan fingerprint density at radius 2 is 1.88 bits per heavy atom. The van der Waals surface area contributed by atoms with Crippen LogP contribution < -0.4 is 5.32 Å². The number of nitrogens with one attached hydrogen (secondary N) is 2. The summed E-state index contributed by atoms with van der Waals surface area (Å²) in [5, 5.41) is 2.90. The van der Waals surface area contributed by atoms with E-state index in [1.165, 1.54) is 11.3 Å². The third-order valence-electron chi connectivity index (χ3n) is 3.80. The molecule has 1 amide bonds. The number of thiophene rings is 1. The molecule has 124 valence electrons. The zero-order valence-electron chi connectivity index (χ0n) is 13.1. The van der Waals surface area contributed by atoms with Crippen LogP contribution in [-0.4, -0.2) is 15.9 Å². The number of carbonyl (C=O) groups is 1. The Kier molecular flexibility index (Phi) is 4.26. The molecule has 2 N–H and O–H groups in total. The van der Waals surface area contributed by atoms with Gasteiger partial charge in [-0.05, 0) is 48.5 Å². The molecule has 0 aliphatic heterocycles. The lowest BCUT2D eigenvalue weighted by atomic mass is 10.2. The summed E-state index contributed by atoms with van der Waals surface area (Å²) >= 11 is 7.31. The summed E-state index contributed by atoms with van der Waals surface area (Å²) in [5.41, 5.74) is 3.67. The maximum atomic E-state index is 12.1. The Hall–Kier alpha value is -2.63. The van der Waals surface area contributed by atoms with Crippen molar-refractivity contribution < 1.29 is 4.79 Å². The fourth-order valence-corrected chi connectivity index (χ4v) is 3.70. The summed E-state index contributed by atoms with van der Waals surface area (Å²) in [6.45, 7) is 0. The Balaban J connectivity index is 1.47. The molecule has 2 heterocycles. The summed E-state index contributed by atoms with van der Waals surface area (Å²) in [7, 11) is 0. The minimum atomic E-state index is -0.0602. The molecule has 0 fully saturated rings. The summed E-state index contributed by atoms with van der Waals surface area (Å²) in [5.74, 6) is 0.752. The van der Waals surface area contributed by atoms with Crippen molar-refractivity contribution in [3.63, 3.8) is 0 Å². The van der Waals surface area contributed by atoms with Crippen molar-refractivity contribution in [3.05, 3.63) is 69.9 Å². The molecule has 0 aliphatic rings. The highest BCUT2D eigenvalue weighted by Crippen LogP contribution is 2.23. The number of aromatic amines is 1. The van der Waals surface area contributed by atoms with E-state index >= 15 is 0 Å². The van der Waals surface area contributed by atoms with E-state index in [0.29, 0.717) is 10.8 Å². The van der Waals surface area contributed by atoms with E-state index in [0.717, 1.165) is 33.0 Å². The first-order chi connectivity index (χ1) is 12.2. The number of benzene rings is 2. The van der Waals surface area contributed by atoms with Gasteiger partial charge in [0, 0.05) is 16.1 Å². The van der Waals surface area contributed by atoms with Gasteiger partial charge >= 0.3 is 0 Å². The second-order valence-corrected chi connectivity index (χ2v) is 7.41. The van der Waals surface area contributed by atoms with Gasteiger partial charge in [-0.25, -0.2) is 4.98 Å². The van der Waals surface area contributed by atoms with Gasteiger partial charge in [0.1, 0.15) is 5.82 Å². The molecule has 6 heteroatoms. The Morgan fingerprint density at radius 3 is 2.60 bits per heavy atom. The minimum Gasteiger partial charge on any atom is -0.338 e. The van der Waals surface area contributed by atoms with E-state index in [-0.39, 0.29) is 5.91 Å². The summed E-state index contributed by atoms with van der Waals surface area (Å²) in [4.78, 5) is 20.9. The number of halogens is 1. The lowest BCUT2D eigenvalue weighted by Gasteiger charge is -2.05. The Morgan fingerprint density at radius 1 is 1.08 bits per heavy atom. The first-order valence-electron chi connectivity index (χ1n) is 7.77. The van der Waals surface area contributed by atoms with Crippen LogP contribution in [0.3, 0.4) is 0 Å². The van der Waals surface area contributed by atoms with Crippen molar-refractivity contribution in [1.82, 2.24) is 9.97 Å². The van der Waals surface area contributed by atoms with Gasteiger partial charge in [-0.15, -0.1) is 11.3 Å². The van der Waals surface area contributed by atoms with Crippen LogP contribution in [0.25, 0.3) is 22.4 Å². The second kappa shape index (κ2) is 6.70. The number of H-pyrrole nitrogens is 1. The molecule has 0 saturated heterocycles. The molecule has 4 nitrogen and oxygen atoms in total. The van der Waals surface area contributed by atoms with E-state index in [1.54, 1.807) is 6.07 Å². The highest BCUT2D eigenvalue weighted by Gasteiger charge is 2.08. The maximum absolute atomic E-state index is 12.1. The Labute approximate surface area is 153 Å². The van der Waals surface area contributed by atoms with Crippen LogP contribution in [0.1, 0.15) is 4.88 Å². The second-order valence-electron chi connectivity index (χ2n) is 5.61. The summed E-state index contributed by atoms with van der Waals surface area (Å²) in [6, 6.07) is 19.2. The molecular formula is C19H14ClN3OS. The molecular weight excluding hydrogens is 354 g/mol. The first kappa shape index (κ1) is 15.9. The van der Waals surface area contributed by atoms with Gasteiger partial charge in [0.05, 0.1) is 21.8 Å². The Bertz CT molecular complexity index is 1000. The zero-order valence-corrected chi connectivity index (χ0v) is 14.7. The van der Waals surface area contributed by atoms with Crippen LogP contribution in [0, 0.1) is 0 Å². The number of para-hydroxylation sites is 2. The van der Waals surface area contributed by atoms with Gasteiger partial charge in [0.2, 0.25) is 5.91 Å². The van der Waals surface area contributed by atoms with Crippen LogP contribution in [0.2, 0.25) is 4.34 Å². The van der Waals surface area contributed by atoms with Gasteiger partial charge in [0.25, 0.3) is 0 Å². The van der Waals surface area contributed by atoms with E-state index in [4.69, 9.17) is 11.6 Å². The smallest absolute Gasteiger partial charge is 0.229 e. The topological polar surface area (TPSA) is 57.8 Å². The lowest BCUT2D eigenvalue weighted by Crippen LogP contribution is -2.13. The molecule has 4 aromatic rings. The number of carbonyl (C=O) groups excluding carboxylic acids is 1. The fraction of sp³-hybridized carbons (Fsp3) is 0.0526. The SMILES string of the molecule is O=C(Cc1ccc(Cl)s1)Nc1ccc(-c2nc3ccccc3[nH]2)cc1. The van der Waals surface area contributed by atoms with Crippen molar-refractivity contribution in [2.75, 3.05) is 5.32 Å². The highest BCUT2D eigenvalue weighted by atomic mass is 35.5. The van der Waals surface area contributed by atoms with Crippen LogP contribution in [0.5, 0.6) is 0 Å². The largest absolute Gasteiger partial charge is 0.338 e. The number of anilines is 1. The number of rotatable bonds is 4. The number of aromatic nitrogens is 2. The van der Waals surface area contributed by atoms with Crippen molar-refractivity contribution in [2.24, 2.45) is 0 Å². The van der Waals surface area contributed by atoms with Crippen molar-refractivity contribution in [1.29, 1.82) is 0 Å². The molecule has 0 aliphatic carbocycles. The number of imidazole rings is 1. The highest BCUT2D eigenvalue weighted by molar-refractivity contribution is 7.16. The minimum absolute atomic E-state index is 0.0602. The monoisotopic (exact) mass is 367 g/mol. The van der Waals surface area contributed by atoms with Crippen LogP contribution in [0.15, 0.2) is 60.7 Å². The molecule has 0 unspecified atom stereocenters. The lowest BCUT2D eigenvalue weighted by molar-refractivity contribution is -0.115. The number of nitrogens with zero attached hydrogens (tertiary/aromatic N) is 1. The van der Waals surface area contributed by atoms with Gasteiger partial charge < -0.3 is 10.3 Å². The van der Waals surface area contributed by atoms with E-state index in [9.17, 15) is 4.79 Å². The quantitative estimate of drug-likeness (QED) is 0.525. The molecule has 25 heavy (non-hydrogen) atoms. The van der Waals surface area contributed by atoms with Crippen molar-refractivity contribution in [3.8, 4) is 11.4 Å². The van der Waals surface area contributed by atoms with Crippen LogP contribution >= 0.6 is 22.9 Å². The predicted octanol–water partition coefficient (Wildman–Crippen LogP) is 5.13. The van der Waals surface area contributed by atoms with Crippen LogP contribution in [0.4, 0.5) is 5.69 Å². The standard InChI is InChI=1S/C19H14ClN3OS/c20-17-10-9-14(25-17)11-18(24)21-13-7-5-12(6-8-13)19-22-15-3-1-2-4-16(15)23-19/h1-10H,11H2,(H,21,24)(H,22,23). The normalized spacial score (nSPS) is 10.9. The first-order valence-corrected chi connectivity index (χ1v) is 8.96. The number of hydrogen-bond acceptors (Lipinski definition) is 3. The molecule has 0 saturated carbocycles. The van der Waals surface area contributed by atoms with Crippen molar-refractivity contribution >= 4 is 45.6 Å². The van der Waals surface area contributed by atoms with Crippen LogP contribution in [-0.2, 0) is 11.2 Å². The van der Waals surface area contributed by atoms with Crippen molar-refractivity contribution in [2.45, 2.75) is 6.42 Å². The number of hydrogen-bond donors (Lipinski definition) is 2. The fourth-order valence-electron chi connectivity index (χ4n) is 2.61. The third-order valence-corrected chi connectivity index (χ3v) is 5.03.